The highest BCUT2D eigenvalue weighted by atomic mass is 35.5. The van der Waals surface area contributed by atoms with Crippen LogP contribution in [0.1, 0.15) is 36.3 Å². The lowest BCUT2D eigenvalue weighted by atomic mass is 9.76. The molecule has 0 amide bonds. The SMILES string of the molecule is COc1ccccc1Nc1nn(-c2ccc(Cl)cc2)c2c1C(=O)CC(C)(C)C2. The van der Waals surface area contributed by atoms with E-state index < -0.39 is 0 Å². The van der Waals surface area contributed by atoms with Gasteiger partial charge < -0.3 is 10.1 Å². The molecule has 1 aromatic heterocycles. The lowest BCUT2D eigenvalue weighted by Gasteiger charge is -2.29. The van der Waals surface area contributed by atoms with Gasteiger partial charge in [0.25, 0.3) is 0 Å². The first-order chi connectivity index (χ1) is 13.4. The zero-order valence-electron chi connectivity index (χ0n) is 16.1. The van der Waals surface area contributed by atoms with Gasteiger partial charge in [-0.15, -0.1) is 5.10 Å². The molecular weight excluding hydrogens is 374 g/mol. The number of ether oxygens (including phenoxy) is 1. The number of aromatic nitrogens is 2. The van der Waals surface area contributed by atoms with Crippen molar-refractivity contribution in [2.24, 2.45) is 5.41 Å². The fourth-order valence-electron chi connectivity index (χ4n) is 3.71. The molecule has 1 heterocycles. The van der Waals surface area contributed by atoms with Gasteiger partial charge >= 0.3 is 0 Å². The largest absolute Gasteiger partial charge is 0.495 e. The number of carbonyl (C=O) groups excluding carboxylic acids is 1. The highest BCUT2D eigenvalue weighted by molar-refractivity contribution is 6.30. The van der Waals surface area contributed by atoms with Crippen LogP contribution in [0.2, 0.25) is 5.02 Å². The Hall–Kier alpha value is -2.79. The van der Waals surface area contributed by atoms with Crippen molar-refractivity contribution in [3.63, 3.8) is 0 Å². The Kier molecular flexibility index (Phi) is 4.63. The first-order valence-electron chi connectivity index (χ1n) is 9.19. The number of hydrogen-bond acceptors (Lipinski definition) is 4. The van der Waals surface area contributed by atoms with Crippen LogP contribution < -0.4 is 10.1 Å². The molecule has 1 aliphatic carbocycles. The summed E-state index contributed by atoms with van der Waals surface area (Å²) >= 11 is 6.05. The molecule has 2 aromatic carbocycles. The van der Waals surface area contributed by atoms with Gasteiger partial charge in [-0.25, -0.2) is 4.68 Å². The third-order valence-electron chi connectivity index (χ3n) is 4.98. The second kappa shape index (κ2) is 6.99. The molecule has 1 N–H and O–H groups in total. The van der Waals surface area contributed by atoms with Crippen LogP contribution in [0, 0.1) is 5.41 Å². The van der Waals surface area contributed by atoms with Crippen molar-refractivity contribution in [2.75, 3.05) is 12.4 Å². The van der Waals surface area contributed by atoms with Gasteiger partial charge in [0.15, 0.2) is 11.6 Å². The summed E-state index contributed by atoms with van der Waals surface area (Å²) < 4.78 is 7.28. The van der Waals surface area contributed by atoms with Crippen LogP contribution in [0.15, 0.2) is 48.5 Å². The fourth-order valence-corrected chi connectivity index (χ4v) is 3.83. The van der Waals surface area contributed by atoms with Gasteiger partial charge in [0.2, 0.25) is 0 Å². The number of halogens is 1. The number of fused-ring (bicyclic) bond motifs is 1. The maximum Gasteiger partial charge on any atom is 0.169 e. The van der Waals surface area contributed by atoms with Crippen molar-refractivity contribution in [3.8, 4) is 11.4 Å². The number of carbonyl (C=O) groups is 1. The zero-order valence-corrected chi connectivity index (χ0v) is 16.9. The van der Waals surface area contributed by atoms with Gasteiger partial charge in [0, 0.05) is 11.4 Å². The Balaban J connectivity index is 1.86. The van der Waals surface area contributed by atoms with Crippen LogP contribution in [0.5, 0.6) is 5.75 Å². The standard InChI is InChI=1S/C22H22ClN3O2/c1-22(2)12-17-20(18(27)13-22)21(24-16-6-4-5-7-19(16)28-3)25-26(17)15-10-8-14(23)9-11-15/h4-11H,12-13H2,1-3H3,(H,24,25). The molecule has 0 saturated carbocycles. The summed E-state index contributed by atoms with van der Waals surface area (Å²) in [7, 11) is 1.62. The molecule has 144 valence electrons. The molecule has 0 saturated heterocycles. The number of anilines is 2. The normalized spacial score (nSPS) is 15.2. The van der Waals surface area contributed by atoms with E-state index in [0.29, 0.717) is 28.6 Å². The van der Waals surface area contributed by atoms with E-state index in [9.17, 15) is 4.79 Å². The van der Waals surface area contributed by atoms with Crippen LogP contribution in [0.4, 0.5) is 11.5 Å². The summed E-state index contributed by atoms with van der Waals surface area (Å²) in [4.78, 5) is 13.0. The Morgan fingerprint density at radius 3 is 2.54 bits per heavy atom. The van der Waals surface area contributed by atoms with E-state index in [1.165, 1.54) is 0 Å². The molecule has 28 heavy (non-hydrogen) atoms. The number of nitrogens with zero attached hydrogens (tertiary/aromatic N) is 2. The molecule has 0 radical (unpaired) electrons. The van der Waals surface area contributed by atoms with Crippen LogP contribution in [-0.2, 0) is 6.42 Å². The van der Waals surface area contributed by atoms with Gasteiger partial charge in [0.1, 0.15) is 5.75 Å². The van der Waals surface area contributed by atoms with Crippen LogP contribution in [-0.4, -0.2) is 22.7 Å². The lowest BCUT2D eigenvalue weighted by Crippen LogP contribution is -2.28. The molecule has 0 unspecified atom stereocenters. The van der Waals surface area contributed by atoms with E-state index in [-0.39, 0.29) is 11.2 Å². The molecule has 0 fully saturated rings. The van der Waals surface area contributed by atoms with Crippen LogP contribution in [0.3, 0.4) is 0 Å². The molecular formula is C22H22ClN3O2. The summed E-state index contributed by atoms with van der Waals surface area (Å²) in [5.41, 5.74) is 3.10. The topological polar surface area (TPSA) is 56.1 Å². The number of hydrogen-bond donors (Lipinski definition) is 1. The van der Waals surface area contributed by atoms with E-state index >= 15 is 0 Å². The number of nitrogens with one attached hydrogen (secondary N) is 1. The van der Waals surface area contributed by atoms with Crippen LogP contribution >= 0.6 is 11.6 Å². The second-order valence-corrected chi connectivity index (χ2v) is 8.26. The van der Waals surface area contributed by atoms with E-state index in [0.717, 1.165) is 23.5 Å². The monoisotopic (exact) mass is 395 g/mol. The number of benzene rings is 2. The van der Waals surface area contributed by atoms with Gasteiger partial charge in [0.05, 0.1) is 29.7 Å². The smallest absolute Gasteiger partial charge is 0.169 e. The minimum Gasteiger partial charge on any atom is -0.495 e. The summed E-state index contributed by atoms with van der Waals surface area (Å²) in [5, 5.41) is 8.73. The van der Waals surface area contributed by atoms with Crippen LogP contribution in [0.25, 0.3) is 5.69 Å². The number of para-hydroxylation sites is 2. The lowest BCUT2D eigenvalue weighted by molar-refractivity contribution is 0.0912. The summed E-state index contributed by atoms with van der Waals surface area (Å²) in [6, 6.07) is 15.1. The van der Waals surface area contributed by atoms with E-state index in [1.54, 1.807) is 7.11 Å². The van der Waals surface area contributed by atoms with Gasteiger partial charge in [-0.05, 0) is 48.2 Å². The van der Waals surface area contributed by atoms with E-state index in [2.05, 4.69) is 19.2 Å². The maximum atomic E-state index is 13.0. The Labute approximate surface area is 169 Å². The average Bonchev–Trinajstić information content (AvgIpc) is 3.00. The molecule has 6 heteroatoms. The molecule has 5 nitrogen and oxygen atoms in total. The molecule has 0 aliphatic heterocycles. The number of rotatable bonds is 4. The number of Topliss-reactive ketones (excluding diaryl/α,β-unsaturated/α-hetero) is 1. The summed E-state index contributed by atoms with van der Waals surface area (Å²) in [6.07, 6.45) is 1.25. The third kappa shape index (κ3) is 3.38. The van der Waals surface area contributed by atoms with Gasteiger partial charge in [-0.3, -0.25) is 4.79 Å². The maximum absolute atomic E-state index is 13.0. The highest BCUT2D eigenvalue weighted by Gasteiger charge is 2.37. The van der Waals surface area contributed by atoms with Gasteiger partial charge in [-0.1, -0.05) is 37.6 Å². The van der Waals surface area contributed by atoms with E-state index in [1.807, 2.05) is 53.2 Å². The number of ketones is 1. The van der Waals surface area contributed by atoms with Crippen molar-refractivity contribution in [2.45, 2.75) is 26.7 Å². The second-order valence-electron chi connectivity index (χ2n) is 7.82. The minimum atomic E-state index is -0.115. The van der Waals surface area contributed by atoms with Crippen molar-refractivity contribution >= 4 is 28.9 Å². The Morgan fingerprint density at radius 1 is 1.11 bits per heavy atom. The van der Waals surface area contributed by atoms with Crippen molar-refractivity contribution < 1.29 is 9.53 Å². The van der Waals surface area contributed by atoms with Crippen molar-refractivity contribution in [1.82, 2.24) is 9.78 Å². The fraction of sp³-hybridized carbons (Fsp3) is 0.273. The van der Waals surface area contributed by atoms with E-state index in [4.69, 9.17) is 21.4 Å². The highest BCUT2D eigenvalue weighted by Crippen LogP contribution is 2.40. The predicted molar refractivity (Wildman–Crippen MR) is 111 cm³/mol. The van der Waals surface area contributed by atoms with Gasteiger partial charge in [-0.2, -0.15) is 0 Å². The number of methoxy groups -OCH3 is 1. The quantitative estimate of drug-likeness (QED) is 0.639. The van der Waals surface area contributed by atoms with Crippen molar-refractivity contribution in [3.05, 3.63) is 64.8 Å². The third-order valence-corrected chi connectivity index (χ3v) is 5.23. The molecule has 1 aliphatic rings. The minimum absolute atomic E-state index is 0.101. The van der Waals surface area contributed by atoms with Crippen molar-refractivity contribution in [1.29, 1.82) is 0 Å². The molecule has 0 spiro atoms. The predicted octanol–water partition coefficient (Wildman–Crippen LogP) is 5.43. The molecule has 0 bridgehead atoms. The average molecular weight is 396 g/mol. The first kappa shape index (κ1) is 18.6. The Bertz CT molecular complexity index is 1040. The molecule has 0 atom stereocenters. The molecule has 4 rings (SSSR count). The first-order valence-corrected chi connectivity index (χ1v) is 9.57. The summed E-state index contributed by atoms with van der Waals surface area (Å²) in [5.74, 6) is 1.35. The summed E-state index contributed by atoms with van der Waals surface area (Å²) in [6.45, 7) is 4.22. The zero-order chi connectivity index (χ0) is 19.9. The Morgan fingerprint density at radius 2 is 1.82 bits per heavy atom. The molecule has 3 aromatic rings.